The van der Waals surface area contributed by atoms with Crippen molar-refractivity contribution < 1.29 is 23.5 Å². The summed E-state index contributed by atoms with van der Waals surface area (Å²) in [5, 5.41) is 8.94. The first-order chi connectivity index (χ1) is 15.4. The van der Waals surface area contributed by atoms with Gasteiger partial charge in [-0.1, -0.05) is 5.16 Å². The average Bonchev–Trinajstić information content (AvgIpc) is 3.42. The normalized spacial score (nSPS) is 11.2. The minimum atomic E-state index is -0.525. The first kappa shape index (κ1) is 21.3. The van der Waals surface area contributed by atoms with Crippen LogP contribution < -0.4 is 9.47 Å². The summed E-state index contributed by atoms with van der Waals surface area (Å²) in [4.78, 5) is 21.3. The molecule has 3 aromatic heterocycles. The van der Waals surface area contributed by atoms with Crippen molar-refractivity contribution in [2.45, 2.75) is 40.0 Å². The fraction of sp³-hybridized carbons (Fsp3) is 0.318. The van der Waals surface area contributed by atoms with E-state index < -0.39 is 5.97 Å². The number of carbonyl (C=O) groups excluding carboxylic acids is 1. The molecule has 4 rings (SSSR count). The van der Waals surface area contributed by atoms with E-state index in [0.717, 1.165) is 16.8 Å². The summed E-state index contributed by atoms with van der Waals surface area (Å²) in [6.45, 7) is 5.76. The molecule has 4 aromatic rings. The highest BCUT2D eigenvalue weighted by Gasteiger charge is 2.18. The van der Waals surface area contributed by atoms with Gasteiger partial charge in [-0.25, -0.2) is 14.5 Å². The first-order valence-electron chi connectivity index (χ1n) is 10.0. The highest BCUT2D eigenvalue weighted by molar-refractivity contribution is 5.94. The quantitative estimate of drug-likeness (QED) is 0.381. The number of methoxy groups -OCH3 is 1. The van der Waals surface area contributed by atoms with E-state index in [-0.39, 0.29) is 25.1 Å². The Balaban J connectivity index is 1.36. The lowest BCUT2D eigenvalue weighted by atomic mass is 10.2. The molecule has 0 atom stereocenters. The standard InChI is InChI=1S/C22H23N5O5/c1-13(2)27-21-15(10-23-27)9-18(14(3)24-21)22(28)31-12-20-25-19(26-32-20)11-30-17-7-5-16(29-4)6-8-17/h5-10,13H,11-12H2,1-4H3. The number of ether oxygens (including phenoxy) is 3. The van der Waals surface area contributed by atoms with Gasteiger partial charge in [-0.05, 0) is 51.1 Å². The third kappa shape index (κ3) is 4.53. The van der Waals surface area contributed by atoms with E-state index >= 15 is 0 Å². The Morgan fingerprint density at radius 1 is 1.12 bits per heavy atom. The maximum Gasteiger partial charge on any atom is 0.340 e. The first-order valence-corrected chi connectivity index (χ1v) is 10.0. The van der Waals surface area contributed by atoms with E-state index in [2.05, 4.69) is 20.2 Å². The summed E-state index contributed by atoms with van der Waals surface area (Å²) in [6.07, 6.45) is 1.69. The van der Waals surface area contributed by atoms with Crippen molar-refractivity contribution in [3.63, 3.8) is 0 Å². The van der Waals surface area contributed by atoms with Gasteiger partial charge in [0.1, 0.15) is 11.5 Å². The van der Waals surface area contributed by atoms with E-state index in [9.17, 15) is 4.79 Å². The second kappa shape index (κ2) is 9.04. The number of esters is 1. The van der Waals surface area contributed by atoms with Gasteiger partial charge in [0.05, 0.1) is 24.6 Å². The Kier molecular flexibility index (Phi) is 6.02. The van der Waals surface area contributed by atoms with Crippen molar-refractivity contribution >= 4 is 17.0 Å². The SMILES string of the molecule is COc1ccc(OCc2noc(COC(=O)c3cc4cnn(C(C)C)c4nc3C)n2)cc1. The molecule has 0 saturated carbocycles. The molecule has 0 aliphatic carbocycles. The monoisotopic (exact) mass is 437 g/mol. The van der Waals surface area contributed by atoms with Crippen LogP contribution >= 0.6 is 0 Å². The van der Waals surface area contributed by atoms with Gasteiger partial charge in [-0.15, -0.1) is 0 Å². The Morgan fingerprint density at radius 3 is 2.59 bits per heavy atom. The molecule has 166 valence electrons. The minimum Gasteiger partial charge on any atom is -0.497 e. The zero-order valence-corrected chi connectivity index (χ0v) is 18.2. The summed E-state index contributed by atoms with van der Waals surface area (Å²) >= 11 is 0. The highest BCUT2D eigenvalue weighted by Crippen LogP contribution is 2.20. The van der Waals surface area contributed by atoms with Crippen LogP contribution in [0.15, 0.2) is 41.1 Å². The number of hydrogen-bond acceptors (Lipinski definition) is 9. The van der Waals surface area contributed by atoms with Gasteiger partial charge in [-0.2, -0.15) is 10.1 Å². The Labute approximate surface area is 184 Å². The van der Waals surface area contributed by atoms with Crippen molar-refractivity contribution in [2.24, 2.45) is 0 Å². The number of hydrogen-bond donors (Lipinski definition) is 0. The van der Waals surface area contributed by atoms with Gasteiger partial charge >= 0.3 is 5.97 Å². The van der Waals surface area contributed by atoms with Crippen LogP contribution in [0.3, 0.4) is 0 Å². The smallest absolute Gasteiger partial charge is 0.340 e. The molecule has 1 aromatic carbocycles. The summed E-state index contributed by atoms with van der Waals surface area (Å²) in [6, 6.07) is 9.03. The molecule has 0 radical (unpaired) electrons. The van der Waals surface area contributed by atoms with Crippen molar-refractivity contribution in [3.8, 4) is 11.5 Å². The fourth-order valence-corrected chi connectivity index (χ4v) is 3.08. The van der Waals surface area contributed by atoms with Crippen LogP contribution in [-0.4, -0.2) is 38.0 Å². The van der Waals surface area contributed by atoms with Crippen molar-refractivity contribution in [2.75, 3.05) is 7.11 Å². The fourth-order valence-electron chi connectivity index (χ4n) is 3.08. The maximum absolute atomic E-state index is 12.6. The van der Waals surface area contributed by atoms with Crippen LogP contribution in [0.25, 0.3) is 11.0 Å². The van der Waals surface area contributed by atoms with Gasteiger partial charge in [0, 0.05) is 11.4 Å². The molecule has 0 aliphatic rings. The van der Waals surface area contributed by atoms with Gasteiger partial charge in [0.25, 0.3) is 5.89 Å². The van der Waals surface area contributed by atoms with Gasteiger partial charge in [0.2, 0.25) is 5.82 Å². The van der Waals surface area contributed by atoms with E-state index in [1.807, 2.05) is 18.5 Å². The number of rotatable bonds is 8. The van der Waals surface area contributed by atoms with Crippen molar-refractivity contribution in [1.82, 2.24) is 24.9 Å². The summed E-state index contributed by atoms with van der Waals surface area (Å²) in [5.41, 5.74) is 1.65. The molecule has 0 aliphatic heterocycles. The lowest BCUT2D eigenvalue weighted by molar-refractivity contribution is 0.0428. The lowest BCUT2D eigenvalue weighted by Crippen LogP contribution is -2.10. The van der Waals surface area contributed by atoms with Crippen molar-refractivity contribution in [3.05, 3.63) is 59.5 Å². The number of aromatic nitrogens is 5. The summed E-state index contributed by atoms with van der Waals surface area (Å²) < 4.78 is 23.0. The number of benzene rings is 1. The largest absolute Gasteiger partial charge is 0.497 e. The molecule has 0 saturated heterocycles. The third-order valence-electron chi connectivity index (χ3n) is 4.73. The van der Waals surface area contributed by atoms with Crippen LogP contribution in [0.1, 0.15) is 47.7 Å². The Hall–Kier alpha value is -3.95. The van der Waals surface area contributed by atoms with Gasteiger partial charge in [0.15, 0.2) is 18.9 Å². The summed E-state index contributed by atoms with van der Waals surface area (Å²) in [7, 11) is 1.60. The molecule has 32 heavy (non-hydrogen) atoms. The predicted octanol–water partition coefficient (Wildman–Crippen LogP) is 3.65. The second-order valence-corrected chi connectivity index (χ2v) is 7.36. The van der Waals surface area contributed by atoms with E-state index in [0.29, 0.717) is 22.8 Å². The molecule has 10 nitrogen and oxygen atoms in total. The van der Waals surface area contributed by atoms with Gasteiger partial charge < -0.3 is 18.7 Å². The number of carbonyl (C=O) groups is 1. The topological polar surface area (TPSA) is 114 Å². The average molecular weight is 437 g/mol. The molecule has 0 spiro atoms. The number of aryl methyl sites for hydroxylation is 1. The molecule has 3 heterocycles. The van der Waals surface area contributed by atoms with Crippen LogP contribution in [-0.2, 0) is 18.0 Å². The molecule has 10 heteroatoms. The number of nitrogens with zero attached hydrogens (tertiary/aromatic N) is 5. The zero-order chi connectivity index (χ0) is 22.7. The molecule has 0 bridgehead atoms. The van der Waals surface area contributed by atoms with Crippen LogP contribution in [0.4, 0.5) is 0 Å². The molecule has 0 unspecified atom stereocenters. The molecule has 0 fully saturated rings. The van der Waals surface area contributed by atoms with Crippen LogP contribution in [0.5, 0.6) is 11.5 Å². The van der Waals surface area contributed by atoms with E-state index in [4.69, 9.17) is 18.7 Å². The highest BCUT2D eigenvalue weighted by atomic mass is 16.6. The van der Waals surface area contributed by atoms with Crippen LogP contribution in [0.2, 0.25) is 0 Å². The van der Waals surface area contributed by atoms with E-state index in [1.54, 1.807) is 50.6 Å². The number of pyridine rings is 1. The predicted molar refractivity (Wildman–Crippen MR) is 113 cm³/mol. The second-order valence-electron chi connectivity index (χ2n) is 7.36. The summed E-state index contributed by atoms with van der Waals surface area (Å²) in [5.74, 6) is 1.36. The van der Waals surface area contributed by atoms with Crippen molar-refractivity contribution in [1.29, 1.82) is 0 Å². The third-order valence-corrected chi connectivity index (χ3v) is 4.73. The Morgan fingerprint density at radius 2 is 1.88 bits per heavy atom. The van der Waals surface area contributed by atoms with E-state index in [1.165, 1.54) is 0 Å². The molecule has 0 amide bonds. The molecular weight excluding hydrogens is 414 g/mol. The zero-order valence-electron chi connectivity index (χ0n) is 18.2. The Bertz CT molecular complexity index is 1230. The van der Waals surface area contributed by atoms with Gasteiger partial charge in [-0.3, -0.25) is 0 Å². The minimum absolute atomic E-state index is 0.114. The number of fused-ring (bicyclic) bond motifs is 1. The molecule has 0 N–H and O–H groups in total. The van der Waals surface area contributed by atoms with Crippen LogP contribution in [0, 0.1) is 6.92 Å². The maximum atomic E-state index is 12.6. The lowest BCUT2D eigenvalue weighted by Gasteiger charge is -2.08. The molecular formula is C22H23N5O5.